The van der Waals surface area contributed by atoms with E-state index in [-0.39, 0.29) is 30.6 Å². The molecule has 0 aliphatic carbocycles. The highest BCUT2D eigenvalue weighted by Gasteiger charge is 2.34. The van der Waals surface area contributed by atoms with E-state index in [1.165, 1.54) is 24.9 Å². The molecule has 1 fully saturated rings. The van der Waals surface area contributed by atoms with Crippen molar-refractivity contribution in [3.05, 3.63) is 23.8 Å². The molecule has 0 spiro atoms. The summed E-state index contributed by atoms with van der Waals surface area (Å²) in [4.78, 5) is 49.6. The number of hydrogen-bond acceptors (Lipinski definition) is 5. The van der Waals surface area contributed by atoms with Gasteiger partial charge in [0.2, 0.25) is 11.8 Å². The Morgan fingerprint density at radius 3 is 2.70 bits per heavy atom. The fraction of sp³-hybridized carbons (Fsp3) is 0.444. The zero-order valence-electron chi connectivity index (χ0n) is 15.6. The lowest BCUT2D eigenvalue weighted by Gasteiger charge is -2.34. The van der Waals surface area contributed by atoms with Gasteiger partial charge in [0, 0.05) is 25.7 Å². The van der Waals surface area contributed by atoms with Crippen LogP contribution >= 0.6 is 0 Å². The molecule has 9 heteroatoms. The van der Waals surface area contributed by atoms with Crippen molar-refractivity contribution in [3.63, 3.8) is 0 Å². The number of nitrogens with one attached hydrogen (secondary N) is 3. The van der Waals surface area contributed by atoms with Crippen LogP contribution in [0.15, 0.2) is 18.2 Å². The molecule has 9 nitrogen and oxygen atoms in total. The lowest BCUT2D eigenvalue weighted by molar-refractivity contribution is -0.132. The van der Waals surface area contributed by atoms with E-state index >= 15 is 0 Å². The lowest BCUT2D eigenvalue weighted by atomic mass is 10.1. The first kappa shape index (κ1) is 20.2. The third-order valence-electron chi connectivity index (χ3n) is 4.18. The van der Waals surface area contributed by atoms with E-state index in [0.717, 1.165) is 0 Å². The van der Waals surface area contributed by atoms with E-state index in [2.05, 4.69) is 16.0 Å². The van der Waals surface area contributed by atoms with Gasteiger partial charge in [0.1, 0.15) is 11.8 Å². The number of Topliss-reactive ketones (excluding diaryl/α,β-unsaturated/α-hetero) is 1. The van der Waals surface area contributed by atoms with E-state index in [1.807, 2.05) is 0 Å². The molecule has 1 aromatic rings. The summed E-state index contributed by atoms with van der Waals surface area (Å²) < 4.78 is 5.50. The molecule has 0 aromatic heterocycles. The number of piperazine rings is 1. The smallest absolute Gasteiger partial charge is 0.322 e. The van der Waals surface area contributed by atoms with Crippen molar-refractivity contribution in [1.82, 2.24) is 15.5 Å². The van der Waals surface area contributed by atoms with Gasteiger partial charge in [-0.2, -0.15) is 0 Å². The van der Waals surface area contributed by atoms with E-state index in [9.17, 15) is 19.2 Å². The van der Waals surface area contributed by atoms with Crippen molar-refractivity contribution in [2.24, 2.45) is 0 Å². The van der Waals surface area contributed by atoms with E-state index in [4.69, 9.17) is 4.74 Å². The summed E-state index contributed by atoms with van der Waals surface area (Å²) in [6.45, 7) is 4.17. The Morgan fingerprint density at radius 1 is 1.33 bits per heavy atom. The minimum Gasteiger partial charge on any atom is -0.492 e. The summed E-state index contributed by atoms with van der Waals surface area (Å²) in [6.07, 6.45) is -0.137. The molecule has 0 saturated carbocycles. The Bertz CT molecular complexity index is 749. The van der Waals surface area contributed by atoms with Gasteiger partial charge in [-0.3, -0.25) is 14.4 Å². The Labute approximate surface area is 157 Å². The molecule has 0 radical (unpaired) electrons. The third-order valence-corrected chi connectivity index (χ3v) is 4.18. The number of rotatable bonds is 6. The lowest BCUT2D eigenvalue weighted by Crippen LogP contribution is -2.59. The summed E-state index contributed by atoms with van der Waals surface area (Å²) in [5.41, 5.74) is 0.756. The van der Waals surface area contributed by atoms with Crippen molar-refractivity contribution in [2.45, 2.75) is 26.3 Å². The van der Waals surface area contributed by atoms with Crippen LogP contribution in [0.2, 0.25) is 0 Å². The van der Waals surface area contributed by atoms with Crippen molar-refractivity contribution < 1.29 is 23.9 Å². The maximum Gasteiger partial charge on any atom is 0.322 e. The van der Waals surface area contributed by atoms with Crippen LogP contribution in [-0.2, 0) is 9.59 Å². The maximum atomic E-state index is 12.8. The molecule has 27 heavy (non-hydrogen) atoms. The minimum absolute atomic E-state index is 0.137. The molecule has 0 unspecified atom stereocenters. The molecule has 4 amide bonds. The number of carbonyl (C=O) groups excluding carboxylic acids is 4. The Hall–Kier alpha value is -3.10. The van der Waals surface area contributed by atoms with Crippen LogP contribution in [0.4, 0.5) is 10.5 Å². The van der Waals surface area contributed by atoms with E-state index in [1.54, 1.807) is 19.1 Å². The van der Waals surface area contributed by atoms with Gasteiger partial charge in [-0.25, -0.2) is 4.79 Å². The Morgan fingerprint density at radius 2 is 2.07 bits per heavy atom. The SMILES string of the molecule is CCOc1ccc(C(C)=O)cc1NC(=O)N1CCNC(=O)[C@H]1CC(=O)NC. The number of nitrogens with zero attached hydrogens (tertiary/aromatic N) is 1. The zero-order chi connectivity index (χ0) is 20.0. The van der Waals surface area contributed by atoms with Crippen LogP contribution in [0.1, 0.15) is 30.6 Å². The minimum atomic E-state index is -0.912. The second kappa shape index (κ2) is 9.02. The number of urea groups is 1. The fourth-order valence-corrected chi connectivity index (χ4v) is 2.75. The number of ether oxygens (including phenoxy) is 1. The Balaban J connectivity index is 2.25. The number of carbonyl (C=O) groups is 4. The van der Waals surface area contributed by atoms with Crippen molar-refractivity contribution in [3.8, 4) is 5.75 Å². The van der Waals surface area contributed by atoms with Crippen LogP contribution < -0.4 is 20.7 Å². The molecule has 1 heterocycles. The monoisotopic (exact) mass is 376 g/mol. The van der Waals surface area contributed by atoms with Crippen LogP contribution in [0.5, 0.6) is 5.75 Å². The summed E-state index contributed by atoms with van der Waals surface area (Å²) in [5.74, 6) is -0.463. The molecule has 1 aliphatic rings. The van der Waals surface area contributed by atoms with Gasteiger partial charge in [-0.1, -0.05) is 0 Å². The van der Waals surface area contributed by atoms with Gasteiger partial charge in [-0.05, 0) is 32.0 Å². The fourth-order valence-electron chi connectivity index (χ4n) is 2.75. The average Bonchev–Trinajstić information content (AvgIpc) is 2.64. The van der Waals surface area contributed by atoms with Crippen LogP contribution in [0, 0.1) is 0 Å². The second-order valence-electron chi connectivity index (χ2n) is 6.01. The van der Waals surface area contributed by atoms with E-state index in [0.29, 0.717) is 30.2 Å². The zero-order valence-corrected chi connectivity index (χ0v) is 15.6. The largest absolute Gasteiger partial charge is 0.492 e. The number of ketones is 1. The number of benzene rings is 1. The molecule has 3 N–H and O–H groups in total. The average molecular weight is 376 g/mol. The van der Waals surface area contributed by atoms with Gasteiger partial charge >= 0.3 is 6.03 Å². The summed E-state index contributed by atoms with van der Waals surface area (Å²) in [7, 11) is 1.47. The van der Waals surface area contributed by atoms with Crippen LogP contribution in [-0.4, -0.2) is 61.3 Å². The molecule has 0 bridgehead atoms. The molecule has 146 valence electrons. The first-order chi connectivity index (χ1) is 12.9. The van der Waals surface area contributed by atoms with Gasteiger partial charge in [0.05, 0.1) is 18.7 Å². The standard InChI is InChI=1S/C18H24N4O5/c1-4-27-15-6-5-12(11(2)23)9-13(15)21-18(26)22-8-7-20-17(25)14(22)10-16(24)19-3/h5-6,9,14H,4,7-8,10H2,1-3H3,(H,19,24)(H,20,25)(H,21,26)/t14-/m1/s1. The van der Waals surface area contributed by atoms with Gasteiger partial charge < -0.3 is 25.6 Å². The number of amides is 4. The highest BCUT2D eigenvalue weighted by atomic mass is 16.5. The van der Waals surface area contributed by atoms with Crippen molar-refractivity contribution in [1.29, 1.82) is 0 Å². The molecule has 1 aliphatic heterocycles. The molecule has 1 saturated heterocycles. The predicted molar refractivity (Wildman–Crippen MR) is 98.8 cm³/mol. The summed E-state index contributed by atoms with van der Waals surface area (Å²) in [5, 5.41) is 7.81. The molecule has 1 atom stereocenters. The van der Waals surface area contributed by atoms with Gasteiger partial charge in [0.15, 0.2) is 5.78 Å². The number of hydrogen-bond donors (Lipinski definition) is 3. The first-order valence-electron chi connectivity index (χ1n) is 8.71. The molecular formula is C18H24N4O5. The molecule has 2 rings (SSSR count). The van der Waals surface area contributed by atoms with Crippen molar-refractivity contribution >= 4 is 29.3 Å². The number of anilines is 1. The molecular weight excluding hydrogens is 352 g/mol. The normalized spacial score (nSPS) is 16.3. The van der Waals surface area contributed by atoms with Gasteiger partial charge in [-0.15, -0.1) is 0 Å². The predicted octanol–water partition coefficient (Wildman–Crippen LogP) is 0.756. The van der Waals surface area contributed by atoms with Crippen LogP contribution in [0.25, 0.3) is 0 Å². The highest BCUT2D eigenvalue weighted by molar-refractivity contribution is 6.00. The third kappa shape index (κ3) is 4.96. The highest BCUT2D eigenvalue weighted by Crippen LogP contribution is 2.27. The summed E-state index contributed by atoms with van der Waals surface area (Å²) >= 11 is 0. The quantitative estimate of drug-likeness (QED) is 0.634. The van der Waals surface area contributed by atoms with Gasteiger partial charge in [0.25, 0.3) is 0 Å². The maximum absolute atomic E-state index is 12.8. The second-order valence-corrected chi connectivity index (χ2v) is 6.01. The topological polar surface area (TPSA) is 117 Å². The first-order valence-corrected chi connectivity index (χ1v) is 8.71. The van der Waals surface area contributed by atoms with E-state index < -0.39 is 12.1 Å². The molecule has 1 aromatic carbocycles. The van der Waals surface area contributed by atoms with Crippen molar-refractivity contribution in [2.75, 3.05) is 32.1 Å². The Kier molecular flexibility index (Phi) is 6.75. The van der Waals surface area contributed by atoms with Crippen LogP contribution in [0.3, 0.4) is 0 Å². The summed E-state index contributed by atoms with van der Waals surface area (Å²) in [6, 6.07) is 3.31.